The van der Waals surface area contributed by atoms with Gasteiger partial charge in [0, 0.05) is 25.2 Å². The molecule has 5 heteroatoms. The molecule has 0 spiro atoms. The van der Waals surface area contributed by atoms with E-state index in [0.717, 1.165) is 12.8 Å². The number of hydrogen-bond acceptors (Lipinski definition) is 4. The maximum Gasteiger partial charge on any atom is 0.257 e. The Morgan fingerprint density at radius 2 is 2.14 bits per heavy atom. The monoisotopic (exact) mass is 292 g/mol. The van der Waals surface area contributed by atoms with Gasteiger partial charge >= 0.3 is 0 Å². The molecule has 0 bridgehead atoms. The van der Waals surface area contributed by atoms with Crippen molar-refractivity contribution >= 4 is 5.91 Å². The number of carbonyl (C=O) groups is 1. The van der Waals surface area contributed by atoms with E-state index in [2.05, 4.69) is 6.92 Å². The number of piperidine rings is 1. The molecule has 2 rings (SSSR count). The van der Waals surface area contributed by atoms with Crippen molar-refractivity contribution in [3.63, 3.8) is 0 Å². The highest BCUT2D eigenvalue weighted by Gasteiger charge is 2.29. The fourth-order valence-corrected chi connectivity index (χ4v) is 2.81. The quantitative estimate of drug-likeness (QED) is 0.920. The van der Waals surface area contributed by atoms with E-state index in [1.807, 2.05) is 4.90 Å². The second kappa shape index (κ2) is 6.80. The molecule has 2 N–H and O–H groups in total. The molecule has 1 aliphatic rings. The molecular weight excluding hydrogens is 268 g/mol. The summed E-state index contributed by atoms with van der Waals surface area (Å²) in [5.41, 5.74) is 6.68. The Morgan fingerprint density at radius 3 is 2.76 bits per heavy atom. The van der Waals surface area contributed by atoms with Crippen LogP contribution in [0.25, 0.3) is 0 Å². The van der Waals surface area contributed by atoms with Gasteiger partial charge < -0.3 is 20.1 Å². The second-order valence-corrected chi connectivity index (χ2v) is 5.44. The Kier molecular flexibility index (Phi) is 5.07. The van der Waals surface area contributed by atoms with Crippen LogP contribution in [0.3, 0.4) is 0 Å². The maximum absolute atomic E-state index is 12.7. The minimum atomic E-state index is -0.000136. The fourth-order valence-electron chi connectivity index (χ4n) is 2.81. The number of rotatable bonds is 4. The van der Waals surface area contributed by atoms with Gasteiger partial charge in [0.2, 0.25) is 0 Å². The Balaban J connectivity index is 2.20. The lowest BCUT2D eigenvalue weighted by molar-refractivity contribution is 0.0646. The summed E-state index contributed by atoms with van der Waals surface area (Å²) in [6, 6.07) is 5.47. The van der Waals surface area contributed by atoms with Crippen molar-refractivity contribution in [2.75, 3.05) is 27.3 Å². The van der Waals surface area contributed by atoms with Crippen LogP contribution < -0.4 is 15.2 Å². The molecule has 1 amide bonds. The molecule has 116 valence electrons. The number of ether oxygens (including phenoxy) is 2. The van der Waals surface area contributed by atoms with Crippen molar-refractivity contribution in [3.05, 3.63) is 23.8 Å². The van der Waals surface area contributed by atoms with Crippen LogP contribution in [-0.4, -0.2) is 44.2 Å². The summed E-state index contributed by atoms with van der Waals surface area (Å²) in [5.74, 6) is 1.59. The Labute approximate surface area is 126 Å². The summed E-state index contributed by atoms with van der Waals surface area (Å²) in [4.78, 5) is 14.6. The molecule has 0 saturated carbocycles. The number of carbonyl (C=O) groups excluding carboxylic acids is 1. The molecular formula is C16H24N2O3. The first-order valence-electron chi connectivity index (χ1n) is 7.37. The van der Waals surface area contributed by atoms with E-state index in [1.165, 1.54) is 0 Å². The van der Waals surface area contributed by atoms with Gasteiger partial charge in [-0.25, -0.2) is 0 Å². The average Bonchev–Trinajstić information content (AvgIpc) is 2.54. The Hall–Kier alpha value is -1.75. The molecule has 1 heterocycles. The minimum Gasteiger partial charge on any atom is -0.497 e. The first-order valence-corrected chi connectivity index (χ1v) is 7.37. The van der Waals surface area contributed by atoms with Crippen LogP contribution in [0.4, 0.5) is 0 Å². The standard InChI is InChI=1S/C16H24N2O3/c1-4-11-10-18(8-7-14(11)17)16(19)13-6-5-12(20-2)9-15(13)21-3/h5-6,9,11,14H,4,7-8,10,17H2,1-3H3. The van der Waals surface area contributed by atoms with Crippen molar-refractivity contribution in [2.24, 2.45) is 11.7 Å². The van der Waals surface area contributed by atoms with E-state index in [-0.39, 0.29) is 11.9 Å². The van der Waals surface area contributed by atoms with Gasteiger partial charge in [-0.05, 0) is 24.5 Å². The third-order valence-corrected chi connectivity index (χ3v) is 4.24. The second-order valence-electron chi connectivity index (χ2n) is 5.44. The first kappa shape index (κ1) is 15.6. The molecule has 2 atom stereocenters. The number of likely N-dealkylation sites (tertiary alicyclic amines) is 1. The third kappa shape index (κ3) is 3.29. The normalized spacial score (nSPS) is 22.0. The lowest BCUT2D eigenvalue weighted by atomic mass is 9.90. The Bertz CT molecular complexity index is 504. The molecule has 1 aliphatic heterocycles. The average molecular weight is 292 g/mol. The van der Waals surface area contributed by atoms with Gasteiger partial charge in [0.25, 0.3) is 5.91 Å². The molecule has 0 aliphatic carbocycles. The summed E-state index contributed by atoms with van der Waals surface area (Å²) < 4.78 is 10.5. The molecule has 5 nitrogen and oxygen atoms in total. The lowest BCUT2D eigenvalue weighted by Crippen LogP contribution is -2.49. The number of methoxy groups -OCH3 is 2. The van der Waals surface area contributed by atoms with Gasteiger partial charge in [-0.3, -0.25) is 4.79 Å². The topological polar surface area (TPSA) is 64.8 Å². The third-order valence-electron chi connectivity index (χ3n) is 4.24. The van der Waals surface area contributed by atoms with Crippen molar-refractivity contribution in [3.8, 4) is 11.5 Å². The van der Waals surface area contributed by atoms with Crippen molar-refractivity contribution in [2.45, 2.75) is 25.8 Å². The molecule has 1 aromatic rings. The molecule has 0 aromatic heterocycles. The number of amides is 1. The lowest BCUT2D eigenvalue weighted by Gasteiger charge is -2.36. The molecule has 1 aromatic carbocycles. The van der Waals surface area contributed by atoms with Gasteiger partial charge in [-0.2, -0.15) is 0 Å². The van der Waals surface area contributed by atoms with Crippen LogP contribution >= 0.6 is 0 Å². The molecule has 1 saturated heterocycles. The van der Waals surface area contributed by atoms with Crippen LogP contribution in [0.15, 0.2) is 18.2 Å². The van der Waals surface area contributed by atoms with E-state index in [0.29, 0.717) is 36.1 Å². The predicted molar refractivity (Wildman–Crippen MR) is 81.8 cm³/mol. The smallest absolute Gasteiger partial charge is 0.257 e. The first-order chi connectivity index (χ1) is 10.1. The van der Waals surface area contributed by atoms with Gasteiger partial charge in [0.1, 0.15) is 11.5 Å². The highest BCUT2D eigenvalue weighted by Crippen LogP contribution is 2.27. The molecule has 21 heavy (non-hydrogen) atoms. The maximum atomic E-state index is 12.7. The highest BCUT2D eigenvalue weighted by molar-refractivity contribution is 5.97. The van der Waals surface area contributed by atoms with Crippen LogP contribution in [-0.2, 0) is 0 Å². The van der Waals surface area contributed by atoms with E-state index in [9.17, 15) is 4.79 Å². The number of nitrogens with zero attached hydrogens (tertiary/aromatic N) is 1. The largest absolute Gasteiger partial charge is 0.497 e. The van der Waals surface area contributed by atoms with Crippen LogP contribution in [0.2, 0.25) is 0 Å². The van der Waals surface area contributed by atoms with Crippen LogP contribution in [0.1, 0.15) is 30.1 Å². The zero-order chi connectivity index (χ0) is 15.4. The minimum absolute atomic E-state index is 0.000136. The number of benzene rings is 1. The summed E-state index contributed by atoms with van der Waals surface area (Å²) in [5, 5.41) is 0. The van der Waals surface area contributed by atoms with Crippen molar-refractivity contribution < 1.29 is 14.3 Å². The Morgan fingerprint density at radius 1 is 1.38 bits per heavy atom. The molecule has 2 unspecified atom stereocenters. The van der Waals surface area contributed by atoms with E-state index < -0.39 is 0 Å². The van der Waals surface area contributed by atoms with Gasteiger partial charge in [-0.1, -0.05) is 13.3 Å². The van der Waals surface area contributed by atoms with Gasteiger partial charge in [-0.15, -0.1) is 0 Å². The summed E-state index contributed by atoms with van der Waals surface area (Å²) >= 11 is 0. The highest BCUT2D eigenvalue weighted by atomic mass is 16.5. The summed E-state index contributed by atoms with van der Waals surface area (Å²) in [6.45, 7) is 3.53. The van der Waals surface area contributed by atoms with Gasteiger partial charge in [0.05, 0.1) is 19.8 Å². The molecule has 0 radical (unpaired) electrons. The zero-order valence-corrected chi connectivity index (χ0v) is 13.0. The fraction of sp³-hybridized carbons (Fsp3) is 0.562. The zero-order valence-electron chi connectivity index (χ0n) is 13.0. The predicted octanol–water partition coefficient (Wildman–Crippen LogP) is 1.90. The van der Waals surface area contributed by atoms with Crippen LogP contribution in [0, 0.1) is 5.92 Å². The number of hydrogen-bond donors (Lipinski definition) is 1. The van der Waals surface area contributed by atoms with Gasteiger partial charge in [0.15, 0.2) is 0 Å². The number of nitrogens with two attached hydrogens (primary N) is 1. The molecule has 1 fully saturated rings. The van der Waals surface area contributed by atoms with Crippen LogP contribution in [0.5, 0.6) is 11.5 Å². The van der Waals surface area contributed by atoms with E-state index in [4.69, 9.17) is 15.2 Å². The summed E-state index contributed by atoms with van der Waals surface area (Å²) in [6.07, 6.45) is 1.84. The SMILES string of the molecule is CCC1CN(C(=O)c2ccc(OC)cc2OC)CCC1N. The van der Waals surface area contributed by atoms with E-state index >= 15 is 0 Å². The summed E-state index contributed by atoms with van der Waals surface area (Å²) in [7, 11) is 3.15. The van der Waals surface area contributed by atoms with E-state index in [1.54, 1.807) is 32.4 Å². The van der Waals surface area contributed by atoms with Crippen molar-refractivity contribution in [1.82, 2.24) is 4.90 Å². The van der Waals surface area contributed by atoms with Crippen molar-refractivity contribution in [1.29, 1.82) is 0 Å².